The van der Waals surface area contributed by atoms with Crippen molar-refractivity contribution >= 4 is 5.91 Å². The van der Waals surface area contributed by atoms with E-state index >= 15 is 0 Å². The zero-order chi connectivity index (χ0) is 19.3. The smallest absolute Gasteiger partial charge is 0.253 e. The lowest BCUT2D eigenvalue weighted by Gasteiger charge is -2.34. The van der Waals surface area contributed by atoms with Crippen LogP contribution in [0.4, 0.5) is 4.39 Å². The van der Waals surface area contributed by atoms with Crippen LogP contribution in [0.5, 0.6) is 0 Å². The quantitative estimate of drug-likeness (QED) is 0.674. The average Bonchev–Trinajstić information content (AvgIpc) is 2.75. The van der Waals surface area contributed by atoms with Crippen molar-refractivity contribution in [3.63, 3.8) is 0 Å². The van der Waals surface area contributed by atoms with Gasteiger partial charge in [0.25, 0.3) is 5.91 Å². The molecule has 4 heteroatoms. The summed E-state index contributed by atoms with van der Waals surface area (Å²) in [5, 5.41) is 0. The van der Waals surface area contributed by atoms with Gasteiger partial charge in [0.2, 0.25) is 0 Å². The Morgan fingerprint density at radius 1 is 0.786 bits per heavy atom. The van der Waals surface area contributed by atoms with Gasteiger partial charge in [0.1, 0.15) is 5.82 Å². The van der Waals surface area contributed by atoms with E-state index in [2.05, 4.69) is 17.0 Å². The van der Waals surface area contributed by atoms with E-state index in [4.69, 9.17) is 0 Å². The molecule has 1 heterocycles. The number of benzene rings is 3. The summed E-state index contributed by atoms with van der Waals surface area (Å²) in [5.41, 5.74) is 3.94. The molecule has 0 atom stereocenters. The summed E-state index contributed by atoms with van der Waals surface area (Å²) in [4.78, 5) is 17.0. The predicted octanol–water partition coefficient (Wildman–Crippen LogP) is 4.45. The number of rotatable bonds is 4. The van der Waals surface area contributed by atoms with E-state index in [9.17, 15) is 9.18 Å². The molecule has 0 saturated carbocycles. The highest BCUT2D eigenvalue weighted by atomic mass is 19.1. The molecule has 1 fully saturated rings. The lowest BCUT2D eigenvalue weighted by atomic mass is 10.0. The van der Waals surface area contributed by atoms with E-state index in [1.807, 2.05) is 53.4 Å². The number of halogens is 1. The second-order valence-corrected chi connectivity index (χ2v) is 7.14. The van der Waals surface area contributed by atoms with Gasteiger partial charge >= 0.3 is 0 Å². The molecule has 1 amide bonds. The van der Waals surface area contributed by atoms with E-state index in [0.717, 1.165) is 35.3 Å². The van der Waals surface area contributed by atoms with Crippen LogP contribution in [0.1, 0.15) is 15.9 Å². The third-order valence-electron chi connectivity index (χ3n) is 5.19. The van der Waals surface area contributed by atoms with Crippen LogP contribution in [0.3, 0.4) is 0 Å². The highest BCUT2D eigenvalue weighted by Gasteiger charge is 2.22. The number of piperazine rings is 1. The van der Waals surface area contributed by atoms with Crippen LogP contribution in [-0.4, -0.2) is 41.9 Å². The van der Waals surface area contributed by atoms with Crippen LogP contribution >= 0.6 is 0 Å². The second-order valence-electron chi connectivity index (χ2n) is 7.14. The van der Waals surface area contributed by atoms with Crippen molar-refractivity contribution in [2.24, 2.45) is 0 Å². The first-order valence-electron chi connectivity index (χ1n) is 9.60. The minimum absolute atomic E-state index is 0.0741. The molecule has 0 bridgehead atoms. The summed E-state index contributed by atoms with van der Waals surface area (Å²) in [7, 11) is 0. The number of amides is 1. The fraction of sp³-hybridized carbons (Fsp3) is 0.208. The Labute approximate surface area is 165 Å². The molecule has 3 nitrogen and oxygen atoms in total. The summed E-state index contributed by atoms with van der Waals surface area (Å²) >= 11 is 0. The van der Waals surface area contributed by atoms with Crippen LogP contribution in [0.2, 0.25) is 0 Å². The molecule has 142 valence electrons. The van der Waals surface area contributed by atoms with Gasteiger partial charge in [-0.25, -0.2) is 4.39 Å². The first-order chi connectivity index (χ1) is 13.7. The van der Waals surface area contributed by atoms with Crippen molar-refractivity contribution in [2.75, 3.05) is 26.2 Å². The van der Waals surface area contributed by atoms with Gasteiger partial charge in [-0.2, -0.15) is 0 Å². The summed E-state index contributed by atoms with van der Waals surface area (Å²) in [6.07, 6.45) is 0. The summed E-state index contributed by atoms with van der Waals surface area (Å²) in [5.74, 6) is -0.129. The predicted molar refractivity (Wildman–Crippen MR) is 109 cm³/mol. The fourth-order valence-corrected chi connectivity index (χ4v) is 3.62. The number of hydrogen-bond acceptors (Lipinski definition) is 2. The highest BCUT2D eigenvalue weighted by molar-refractivity contribution is 5.94. The van der Waals surface area contributed by atoms with Gasteiger partial charge in [-0.05, 0) is 41.0 Å². The average molecular weight is 374 g/mol. The molecule has 0 unspecified atom stereocenters. The molecular weight excluding hydrogens is 351 g/mol. The molecule has 3 aromatic rings. The van der Waals surface area contributed by atoms with Crippen molar-refractivity contribution in [2.45, 2.75) is 6.54 Å². The lowest BCUT2D eigenvalue weighted by Crippen LogP contribution is -2.48. The summed E-state index contributed by atoms with van der Waals surface area (Å²) < 4.78 is 13.3. The molecule has 1 aliphatic rings. The second kappa shape index (κ2) is 8.36. The minimum Gasteiger partial charge on any atom is -0.336 e. The van der Waals surface area contributed by atoms with Crippen LogP contribution in [0.25, 0.3) is 11.1 Å². The zero-order valence-electron chi connectivity index (χ0n) is 15.7. The molecule has 3 aromatic carbocycles. The molecule has 0 aromatic heterocycles. The van der Waals surface area contributed by atoms with Crippen LogP contribution in [0.15, 0.2) is 78.9 Å². The number of carbonyl (C=O) groups excluding carboxylic acids is 1. The van der Waals surface area contributed by atoms with Crippen molar-refractivity contribution < 1.29 is 9.18 Å². The van der Waals surface area contributed by atoms with Gasteiger partial charge in [0.05, 0.1) is 0 Å². The Bertz CT molecular complexity index is 932. The van der Waals surface area contributed by atoms with Crippen LogP contribution < -0.4 is 0 Å². The number of carbonyl (C=O) groups is 1. The van der Waals surface area contributed by atoms with Crippen LogP contribution in [0, 0.1) is 5.82 Å². The van der Waals surface area contributed by atoms with E-state index < -0.39 is 0 Å². The van der Waals surface area contributed by atoms with E-state index in [0.29, 0.717) is 19.6 Å². The lowest BCUT2D eigenvalue weighted by molar-refractivity contribution is 0.0628. The number of nitrogens with zero attached hydrogens (tertiary/aromatic N) is 2. The molecular formula is C24H23FN2O. The standard InChI is InChI=1S/C24H23FN2O/c25-23-8-4-5-19(17-23)18-26-13-15-27(16-14-26)24(28)22-11-9-21(10-12-22)20-6-2-1-3-7-20/h1-12,17H,13-16,18H2. The number of hydrogen-bond donors (Lipinski definition) is 0. The van der Waals surface area contributed by atoms with E-state index in [-0.39, 0.29) is 11.7 Å². The minimum atomic E-state index is -0.203. The monoisotopic (exact) mass is 374 g/mol. The summed E-state index contributed by atoms with van der Waals surface area (Å²) in [6.45, 7) is 3.68. The van der Waals surface area contributed by atoms with Gasteiger partial charge in [-0.3, -0.25) is 9.69 Å². The van der Waals surface area contributed by atoms with Crippen molar-refractivity contribution in [3.8, 4) is 11.1 Å². The van der Waals surface area contributed by atoms with Crippen LogP contribution in [-0.2, 0) is 6.54 Å². The van der Waals surface area contributed by atoms with Gasteiger partial charge in [-0.15, -0.1) is 0 Å². The van der Waals surface area contributed by atoms with Crippen molar-refractivity contribution in [1.82, 2.24) is 9.80 Å². The maximum atomic E-state index is 13.3. The Morgan fingerprint density at radius 3 is 2.14 bits per heavy atom. The zero-order valence-corrected chi connectivity index (χ0v) is 15.7. The Kier molecular flexibility index (Phi) is 5.49. The molecule has 0 aliphatic carbocycles. The molecule has 0 N–H and O–H groups in total. The first-order valence-corrected chi connectivity index (χ1v) is 9.60. The molecule has 1 aliphatic heterocycles. The topological polar surface area (TPSA) is 23.6 Å². The Morgan fingerprint density at radius 2 is 1.46 bits per heavy atom. The van der Waals surface area contributed by atoms with Gasteiger partial charge in [-0.1, -0.05) is 54.6 Å². The normalized spacial score (nSPS) is 14.8. The maximum Gasteiger partial charge on any atom is 0.253 e. The first kappa shape index (κ1) is 18.4. The molecule has 0 radical (unpaired) electrons. The maximum absolute atomic E-state index is 13.3. The molecule has 4 rings (SSSR count). The Hall–Kier alpha value is -2.98. The largest absolute Gasteiger partial charge is 0.336 e. The molecule has 28 heavy (non-hydrogen) atoms. The molecule has 0 spiro atoms. The third kappa shape index (κ3) is 4.29. The van der Waals surface area contributed by atoms with Crippen molar-refractivity contribution in [3.05, 3.63) is 95.8 Å². The van der Waals surface area contributed by atoms with Gasteiger partial charge in [0.15, 0.2) is 0 Å². The van der Waals surface area contributed by atoms with Crippen molar-refractivity contribution in [1.29, 1.82) is 0 Å². The summed E-state index contributed by atoms with van der Waals surface area (Å²) in [6, 6.07) is 24.7. The van der Waals surface area contributed by atoms with E-state index in [1.54, 1.807) is 12.1 Å². The fourth-order valence-electron chi connectivity index (χ4n) is 3.62. The SMILES string of the molecule is O=C(c1ccc(-c2ccccc2)cc1)N1CCN(Cc2cccc(F)c2)CC1. The third-order valence-corrected chi connectivity index (χ3v) is 5.19. The van der Waals surface area contributed by atoms with Gasteiger partial charge < -0.3 is 4.90 Å². The highest BCUT2D eigenvalue weighted by Crippen LogP contribution is 2.20. The van der Waals surface area contributed by atoms with E-state index in [1.165, 1.54) is 6.07 Å². The molecule has 1 saturated heterocycles. The van der Waals surface area contributed by atoms with Gasteiger partial charge in [0, 0.05) is 38.3 Å². The Balaban J connectivity index is 1.35.